The highest BCUT2D eigenvalue weighted by molar-refractivity contribution is 5.91. The Kier molecular flexibility index (Phi) is 5.80. The highest BCUT2D eigenvalue weighted by atomic mass is 16.4. The molecule has 0 aliphatic heterocycles. The zero-order valence-corrected chi connectivity index (χ0v) is 7.91. The van der Waals surface area contributed by atoms with Crippen molar-refractivity contribution >= 4 is 11.8 Å². The first-order valence-corrected chi connectivity index (χ1v) is 4.17. The van der Waals surface area contributed by atoms with Crippen molar-refractivity contribution in [2.75, 3.05) is 13.1 Å². The molecule has 0 aliphatic rings. The Morgan fingerprint density at radius 1 is 1.46 bits per heavy atom. The van der Waals surface area contributed by atoms with Gasteiger partial charge in [0.05, 0.1) is 6.54 Å². The van der Waals surface area contributed by atoms with Crippen LogP contribution in [0.2, 0.25) is 0 Å². The molecule has 0 rings (SSSR count). The number of hydrogen-bond acceptors (Lipinski definition) is 3. The number of hydrogen-bond donors (Lipinski definition) is 2. The van der Waals surface area contributed by atoms with Crippen LogP contribution in [0.25, 0.3) is 0 Å². The molecule has 0 amide bonds. The molecular weight excluding hydrogens is 170 g/mol. The second-order valence-corrected chi connectivity index (χ2v) is 2.98. The molecule has 0 saturated carbocycles. The zero-order valence-electron chi connectivity index (χ0n) is 7.91. The van der Waals surface area contributed by atoms with Crippen molar-refractivity contribution in [3.8, 4) is 0 Å². The van der Waals surface area contributed by atoms with Crippen LogP contribution in [0.3, 0.4) is 0 Å². The van der Waals surface area contributed by atoms with E-state index >= 15 is 0 Å². The lowest BCUT2D eigenvalue weighted by molar-refractivity contribution is -0.135. The number of rotatable bonds is 6. The molecule has 13 heavy (non-hydrogen) atoms. The molecule has 4 heteroatoms. The van der Waals surface area contributed by atoms with Crippen LogP contribution in [-0.4, -0.2) is 29.9 Å². The van der Waals surface area contributed by atoms with E-state index in [2.05, 4.69) is 5.32 Å². The highest BCUT2D eigenvalue weighted by Gasteiger charge is 2.00. The van der Waals surface area contributed by atoms with Crippen LogP contribution in [0.1, 0.15) is 13.8 Å². The minimum atomic E-state index is -0.899. The van der Waals surface area contributed by atoms with Gasteiger partial charge in [-0.15, -0.1) is 0 Å². The summed E-state index contributed by atoms with van der Waals surface area (Å²) >= 11 is 0. The lowest BCUT2D eigenvalue weighted by Gasteiger charge is -1.97. The molecule has 0 aromatic heterocycles. The predicted octanol–water partition coefficient (Wildman–Crippen LogP) is 0.442. The van der Waals surface area contributed by atoms with Gasteiger partial charge in [-0.1, -0.05) is 19.9 Å². The van der Waals surface area contributed by atoms with Crippen LogP contribution < -0.4 is 5.32 Å². The number of aliphatic carboxylic acids is 1. The van der Waals surface area contributed by atoms with E-state index in [1.165, 1.54) is 6.08 Å². The third-order valence-corrected chi connectivity index (χ3v) is 1.39. The van der Waals surface area contributed by atoms with Crippen molar-refractivity contribution < 1.29 is 14.7 Å². The quantitative estimate of drug-likeness (QED) is 0.465. The maximum Gasteiger partial charge on any atom is 0.317 e. The minimum Gasteiger partial charge on any atom is -0.480 e. The van der Waals surface area contributed by atoms with Crippen LogP contribution in [0.4, 0.5) is 0 Å². The Balaban J connectivity index is 3.52. The summed E-state index contributed by atoms with van der Waals surface area (Å²) in [6.07, 6.45) is 3.10. The normalized spacial score (nSPS) is 11.0. The van der Waals surface area contributed by atoms with E-state index < -0.39 is 5.97 Å². The van der Waals surface area contributed by atoms with Crippen molar-refractivity contribution in [2.45, 2.75) is 13.8 Å². The van der Waals surface area contributed by atoms with Gasteiger partial charge in [0.15, 0.2) is 5.78 Å². The van der Waals surface area contributed by atoms with E-state index in [0.29, 0.717) is 6.54 Å². The van der Waals surface area contributed by atoms with Crippen LogP contribution >= 0.6 is 0 Å². The van der Waals surface area contributed by atoms with Gasteiger partial charge in [0.1, 0.15) is 0 Å². The van der Waals surface area contributed by atoms with E-state index in [0.717, 1.165) is 0 Å². The number of nitrogens with one attached hydrogen (secondary N) is 1. The van der Waals surface area contributed by atoms with Gasteiger partial charge in [0, 0.05) is 12.5 Å². The minimum absolute atomic E-state index is 0.00396. The Hall–Kier alpha value is -1.16. The summed E-state index contributed by atoms with van der Waals surface area (Å²) in [6.45, 7) is 3.96. The van der Waals surface area contributed by atoms with Crippen molar-refractivity contribution in [2.24, 2.45) is 5.92 Å². The number of carboxylic acids is 1. The standard InChI is InChI=1S/C9H15NO3/c1-7(2)8(11)4-3-5-10-6-9(12)13/h3-4,7,10H,5-6H2,1-2H3,(H,12,13)/b4-3+. The SMILES string of the molecule is CC(C)C(=O)/C=C/CNCC(=O)O. The van der Waals surface area contributed by atoms with Crippen molar-refractivity contribution in [3.63, 3.8) is 0 Å². The van der Waals surface area contributed by atoms with E-state index in [-0.39, 0.29) is 18.2 Å². The maximum atomic E-state index is 11.0. The molecule has 0 atom stereocenters. The predicted molar refractivity (Wildman–Crippen MR) is 49.5 cm³/mol. The van der Waals surface area contributed by atoms with Gasteiger partial charge >= 0.3 is 5.97 Å². The largest absolute Gasteiger partial charge is 0.480 e. The fourth-order valence-electron chi connectivity index (χ4n) is 0.630. The zero-order chi connectivity index (χ0) is 10.3. The summed E-state index contributed by atoms with van der Waals surface area (Å²) in [7, 11) is 0. The van der Waals surface area contributed by atoms with Gasteiger partial charge in [-0.25, -0.2) is 0 Å². The molecule has 2 N–H and O–H groups in total. The fraction of sp³-hybridized carbons (Fsp3) is 0.556. The lowest BCUT2D eigenvalue weighted by atomic mass is 10.1. The average molecular weight is 185 g/mol. The Morgan fingerprint density at radius 2 is 2.08 bits per heavy atom. The maximum absolute atomic E-state index is 11.0. The third-order valence-electron chi connectivity index (χ3n) is 1.39. The second kappa shape index (κ2) is 6.37. The van der Waals surface area contributed by atoms with Gasteiger partial charge in [0.2, 0.25) is 0 Å². The fourth-order valence-corrected chi connectivity index (χ4v) is 0.630. The van der Waals surface area contributed by atoms with Gasteiger partial charge in [0.25, 0.3) is 0 Å². The molecule has 0 radical (unpaired) electrons. The molecule has 0 aromatic rings. The summed E-state index contributed by atoms with van der Waals surface area (Å²) in [5.74, 6) is -0.851. The van der Waals surface area contributed by atoms with E-state index in [9.17, 15) is 9.59 Å². The molecule has 0 heterocycles. The van der Waals surface area contributed by atoms with Crippen molar-refractivity contribution in [1.29, 1.82) is 0 Å². The summed E-state index contributed by atoms with van der Waals surface area (Å²) in [4.78, 5) is 21.1. The van der Waals surface area contributed by atoms with Crippen LogP contribution in [0.15, 0.2) is 12.2 Å². The molecule has 4 nitrogen and oxygen atoms in total. The lowest BCUT2D eigenvalue weighted by Crippen LogP contribution is -2.22. The number of ketones is 1. The third kappa shape index (κ3) is 7.21. The smallest absolute Gasteiger partial charge is 0.317 e. The Morgan fingerprint density at radius 3 is 2.54 bits per heavy atom. The number of carbonyl (C=O) groups excluding carboxylic acids is 1. The Labute approximate surface area is 77.6 Å². The van der Waals surface area contributed by atoms with Gasteiger partial charge in [-0.2, -0.15) is 0 Å². The first-order chi connectivity index (χ1) is 6.04. The average Bonchev–Trinajstić information content (AvgIpc) is 2.02. The molecule has 0 bridgehead atoms. The molecule has 0 spiro atoms. The second-order valence-electron chi connectivity index (χ2n) is 2.98. The van der Waals surface area contributed by atoms with Gasteiger partial charge in [-0.05, 0) is 6.08 Å². The summed E-state index contributed by atoms with van der Waals surface area (Å²) < 4.78 is 0. The van der Waals surface area contributed by atoms with Crippen molar-refractivity contribution in [3.05, 3.63) is 12.2 Å². The Bertz CT molecular complexity index is 209. The first kappa shape index (κ1) is 11.8. The number of allylic oxidation sites excluding steroid dienone is 1. The molecule has 0 unspecified atom stereocenters. The summed E-state index contributed by atoms with van der Waals surface area (Å²) in [5.41, 5.74) is 0. The molecular formula is C9H15NO3. The van der Waals surface area contributed by atoms with Gasteiger partial charge in [-0.3, -0.25) is 9.59 Å². The van der Waals surface area contributed by atoms with E-state index in [1.807, 2.05) is 13.8 Å². The van der Waals surface area contributed by atoms with Crippen LogP contribution in [0, 0.1) is 5.92 Å². The molecule has 0 fully saturated rings. The van der Waals surface area contributed by atoms with E-state index in [4.69, 9.17) is 5.11 Å². The number of carboxylic acid groups (broad SMARTS) is 1. The van der Waals surface area contributed by atoms with Crippen LogP contribution in [-0.2, 0) is 9.59 Å². The van der Waals surface area contributed by atoms with Crippen molar-refractivity contribution in [1.82, 2.24) is 5.32 Å². The number of carbonyl (C=O) groups is 2. The van der Waals surface area contributed by atoms with Gasteiger partial charge < -0.3 is 10.4 Å². The summed E-state index contributed by atoms with van der Waals surface area (Å²) in [6, 6.07) is 0. The molecule has 0 saturated heterocycles. The van der Waals surface area contributed by atoms with E-state index in [1.54, 1.807) is 6.08 Å². The first-order valence-electron chi connectivity index (χ1n) is 4.17. The molecule has 74 valence electrons. The molecule has 0 aromatic carbocycles. The molecule has 0 aliphatic carbocycles. The summed E-state index contributed by atoms with van der Waals surface area (Å²) in [5, 5.41) is 10.9. The highest BCUT2D eigenvalue weighted by Crippen LogP contribution is 1.94. The van der Waals surface area contributed by atoms with Crippen LogP contribution in [0.5, 0.6) is 0 Å². The monoisotopic (exact) mass is 185 g/mol. The topological polar surface area (TPSA) is 66.4 Å².